The highest BCUT2D eigenvalue weighted by Crippen LogP contribution is 2.45. The van der Waals surface area contributed by atoms with Crippen LogP contribution in [-0.4, -0.2) is 31.8 Å². The van der Waals surface area contributed by atoms with Crippen molar-refractivity contribution in [3.05, 3.63) is 65.7 Å². The van der Waals surface area contributed by atoms with Crippen LogP contribution in [0.15, 0.2) is 54.6 Å². The zero-order valence-electron chi connectivity index (χ0n) is 15.1. The molecule has 0 radical (unpaired) electrons. The van der Waals surface area contributed by atoms with E-state index in [4.69, 9.17) is 9.47 Å². The Bertz CT molecular complexity index is 761. The minimum Gasteiger partial charge on any atom is -0.497 e. The SMILES string of the molecule is COc1cccc(CC(=O)N[C@@H]2[C@H]3CCO[C@H]3[C@H]2Cc2ccccc2)c1. The minimum absolute atomic E-state index is 0.0756. The number of methoxy groups -OCH3 is 1. The summed E-state index contributed by atoms with van der Waals surface area (Å²) in [6.07, 6.45) is 2.66. The average molecular weight is 351 g/mol. The fourth-order valence-corrected chi connectivity index (χ4v) is 4.38. The summed E-state index contributed by atoms with van der Waals surface area (Å²) in [6.45, 7) is 0.808. The molecule has 136 valence electrons. The number of benzene rings is 2. The molecule has 1 aliphatic carbocycles. The molecule has 0 bridgehead atoms. The number of ether oxygens (including phenoxy) is 2. The highest BCUT2D eigenvalue weighted by atomic mass is 16.5. The second kappa shape index (κ2) is 7.50. The van der Waals surface area contributed by atoms with Gasteiger partial charge in [0, 0.05) is 24.5 Å². The van der Waals surface area contributed by atoms with Crippen molar-refractivity contribution >= 4 is 5.91 Å². The molecule has 1 saturated carbocycles. The topological polar surface area (TPSA) is 47.6 Å². The number of hydrogen-bond donors (Lipinski definition) is 1. The molecule has 2 fully saturated rings. The quantitative estimate of drug-likeness (QED) is 0.870. The fourth-order valence-electron chi connectivity index (χ4n) is 4.38. The van der Waals surface area contributed by atoms with Gasteiger partial charge in [-0.3, -0.25) is 4.79 Å². The summed E-state index contributed by atoms with van der Waals surface area (Å²) >= 11 is 0. The normalized spacial score (nSPS) is 26.7. The van der Waals surface area contributed by atoms with E-state index in [9.17, 15) is 4.79 Å². The molecule has 4 rings (SSSR count). The van der Waals surface area contributed by atoms with Crippen LogP contribution < -0.4 is 10.1 Å². The van der Waals surface area contributed by atoms with Gasteiger partial charge < -0.3 is 14.8 Å². The molecule has 0 spiro atoms. The number of nitrogens with one attached hydrogen (secondary N) is 1. The Morgan fingerprint density at radius 3 is 2.77 bits per heavy atom. The van der Waals surface area contributed by atoms with Crippen LogP contribution >= 0.6 is 0 Å². The Hall–Kier alpha value is -2.33. The van der Waals surface area contributed by atoms with Crippen LogP contribution in [0.2, 0.25) is 0 Å². The molecule has 0 unspecified atom stereocenters. The Labute approximate surface area is 154 Å². The third kappa shape index (κ3) is 3.47. The highest BCUT2D eigenvalue weighted by Gasteiger charge is 2.53. The van der Waals surface area contributed by atoms with Gasteiger partial charge in [0.1, 0.15) is 5.75 Å². The fraction of sp³-hybridized carbons (Fsp3) is 0.409. The molecule has 1 amide bonds. The first kappa shape index (κ1) is 17.1. The molecule has 26 heavy (non-hydrogen) atoms. The largest absolute Gasteiger partial charge is 0.497 e. The van der Waals surface area contributed by atoms with Gasteiger partial charge in [0.2, 0.25) is 5.91 Å². The van der Waals surface area contributed by atoms with E-state index in [1.807, 2.05) is 30.3 Å². The molecule has 0 aromatic heterocycles. The van der Waals surface area contributed by atoms with E-state index in [1.165, 1.54) is 5.56 Å². The second-order valence-electron chi connectivity index (χ2n) is 7.26. The van der Waals surface area contributed by atoms with Crippen LogP contribution in [0, 0.1) is 11.8 Å². The number of carbonyl (C=O) groups is 1. The Morgan fingerprint density at radius 2 is 1.96 bits per heavy atom. The summed E-state index contributed by atoms with van der Waals surface area (Å²) in [5.74, 6) is 1.67. The van der Waals surface area contributed by atoms with Crippen molar-refractivity contribution in [2.75, 3.05) is 13.7 Å². The van der Waals surface area contributed by atoms with E-state index in [1.54, 1.807) is 7.11 Å². The van der Waals surface area contributed by atoms with Gasteiger partial charge in [0.15, 0.2) is 0 Å². The summed E-state index contributed by atoms with van der Waals surface area (Å²) in [6, 6.07) is 18.4. The lowest BCUT2D eigenvalue weighted by molar-refractivity contribution is -0.126. The number of amides is 1. The van der Waals surface area contributed by atoms with E-state index in [0.717, 1.165) is 30.8 Å². The first-order valence-electron chi connectivity index (χ1n) is 9.32. The molecule has 2 aliphatic rings. The molecule has 1 N–H and O–H groups in total. The first-order valence-corrected chi connectivity index (χ1v) is 9.32. The predicted molar refractivity (Wildman–Crippen MR) is 100 cm³/mol. The van der Waals surface area contributed by atoms with Crippen molar-refractivity contribution in [2.24, 2.45) is 11.8 Å². The average Bonchev–Trinajstić information content (AvgIpc) is 3.10. The monoisotopic (exact) mass is 351 g/mol. The van der Waals surface area contributed by atoms with E-state index in [0.29, 0.717) is 18.3 Å². The number of carbonyl (C=O) groups excluding carboxylic acids is 1. The molecule has 4 atom stereocenters. The lowest BCUT2D eigenvalue weighted by Crippen LogP contribution is -2.62. The second-order valence-corrected chi connectivity index (χ2v) is 7.26. The zero-order chi connectivity index (χ0) is 17.9. The first-order chi connectivity index (χ1) is 12.7. The third-order valence-corrected chi connectivity index (χ3v) is 5.67. The Morgan fingerprint density at radius 1 is 1.15 bits per heavy atom. The van der Waals surface area contributed by atoms with Crippen molar-refractivity contribution in [3.8, 4) is 5.75 Å². The van der Waals surface area contributed by atoms with Gasteiger partial charge in [0.05, 0.1) is 19.6 Å². The van der Waals surface area contributed by atoms with Crippen LogP contribution in [0.5, 0.6) is 5.75 Å². The summed E-state index contributed by atoms with van der Waals surface area (Å²) in [5, 5.41) is 3.28. The maximum atomic E-state index is 12.6. The van der Waals surface area contributed by atoms with Gasteiger partial charge in [-0.15, -0.1) is 0 Å². The van der Waals surface area contributed by atoms with E-state index < -0.39 is 0 Å². The number of rotatable bonds is 6. The maximum Gasteiger partial charge on any atom is 0.224 e. The molecular formula is C22H25NO3. The van der Waals surface area contributed by atoms with Crippen molar-refractivity contribution < 1.29 is 14.3 Å². The standard InChI is InChI=1S/C22H25NO3/c1-25-17-9-5-8-16(12-17)14-20(24)23-21-18-10-11-26-22(18)19(21)13-15-6-3-2-4-7-15/h2-9,12,18-19,21-22H,10-11,13-14H2,1H3,(H,23,24)/t18-,19+,21-,22-/m1/s1. The highest BCUT2D eigenvalue weighted by molar-refractivity contribution is 5.79. The van der Waals surface area contributed by atoms with Crippen LogP contribution in [-0.2, 0) is 22.4 Å². The van der Waals surface area contributed by atoms with Crippen molar-refractivity contribution in [1.29, 1.82) is 0 Å². The molecule has 4 nitrogen and oxygen atoms in total. The van der Waals surface area contributed by atoms with Crippen LogP contribution in [0.4, 0.5) is 0 Å². The van der Waals surface area contributed by atoms with Gasteiger partial charge in [-0.1, -0.05) is 42.5 Å². The van der Waals surface area contributed by atoms with Gasteiger partial charge in [0.25, 0.3) is 0 Å². The van der Waals surface area contributed by atoms with Gasteiger partial charge in [-0.2, -0.15) is 0 Å². The lowest BCUT2D eigenvalue weighted by Gasteiger charge is -2.48. The molecule has 2 aromatic carbocycles. The smallest absolute Gasteiger partial charge is 0.224 e. The minimum atomic E-state index is 0.0756. The Balaban J connectivity index is 1.41. The number of fused-ring (bicyclic) bond motifs is 1. The molecule has 4 heteroatoms. The number of hydrogen-bond acceptors (Lipinski definition) is 3. The van der Waals surface area contributed by atoms with Crippen molar-refractivity contribution in [1.82, 2.24) is 5.32 Å². The van der Waals surface area contributed by atoms with E-state index in [2.05, 4.69) is 29.6 Å². The van der Waals surface area contributed by atoms with Crippen LogP contribution in [0.1, 0.15) is 17.5 Å². The third-order valence-electron chi connectivity index (χ3n) is 5.67. The lowest BCUT2D eigenvalue weighted by atomic mass is 9.64. The molecule has 2 aromatic rings. The van der Waals surface area contributed by atoms with Crippen LogP contribution in [0.3, 0.4) is 0 Å². The predicted octanol–water partition coefficient (Wildman–Crippen LogP) is 3.00. The summed E-state index contributed by atoms with van der Waals surface area (Å²) in [4.78, 5) is 12.6. The Kier molecular flexibility index (Phi) is 4.93. The van der Waals surface area contributed by atoms with E-state index in [-0.39, 0.29) is 18.1 Å². The zero-order valence-corrected chi connectivity index (χ0v) is 15.1. The molecule has 1 aliphatic heterocycles. The summed E-state index contributed by atoms with van der Waals surface area (Å²) < 4.78 is 11.2. The molecule has 1 saturated heterocycles. The molecule has 1 heterocycles. The van der Waals surface area contributed by atoms with Crippen molar-refractivity contribution in [2.45, 2.75) is 31.4 Å². The summed E-state index contributed by atoms with van der Waals surface area (Å²) in [7, 11) is 1.64. The molecular weight excluding hydrogens is 326 g/mol. The van der Waals surface area contributed by atoms with Crippen molar-refractivity contribution in [3.63, 3.8) is 0 Å². The van der Waals surface area contributed by atoms with Gasteiger partial charge in [-0.25, -0.2) is 0 Å². The summed E-state index contributed by atoms with van der Waals surface area (Å²) in [5.41, 5.74) is 2.28. The van der Waals surface area contributed by atoms with Gasteiger partial charge >= 0.3 is 0 Å². The van der Waals surface area contributed by atoms with E-state index >= 15 is 0 Å². The van der Waals surface area contributed by atoms with Crippen LogP contribution in [0.25, 0.3) is 0 Å². The maximum absolute atomic E-state index is 12.6. The van der Waals surface area contributed by atoms with Gasteiger partial charge in [-0.05, 0) is 36.1 Å².